The van der Waals surface area contributed by atoms with Crippen LogP contribution < -0.4 is 0 Å². The Hall–Kier alpha value is -0.310. The molecule has 3 heteroatoms. The van der Waals surface area contributed by atoms with Gasteiger partial charge in [-0.2, -0.15) is 8.42 Å². The van der Waals surface area contributed by atoms with E-state index in [1.807, 2.05) is 0 Å². The van der Waals surface area contributed by atoms with Crippen molar-refractivity contribution in [3.63, 3.8) is 0 Å². The van der Waals surface area contributed by atoms with Gasteiger partial charge < -0.3 is 0 Å². The van der Waals surface area contributed by atoms with E-state index in [1.165, 1.54) is 6.42 Å². The largest absolute Gasteiger partial charge is 0.213 e. The Morgan fingerprint density at radius 3 is 1.89 bits per heavy atom. The average Bonchev–Trinajstić information content (AvgIpc) is 1.90. The third-order valence-corrected chi connectivity index (χ3v) is 2.53. The van der Waals surface area contributed by atoms with Gasteiger partial charge in [0.25, 0.3) is 0 Å². The molecule has 2 nitrogen and oxygen atoms in total. The van der Waals surface area contributed by atoms with Crippen LogP contribution in [0.1, 0.15) is 32.1 Å². The lowest BCUT2D eigenvalue weighted by molar-refractivity contribution is 0.622. The molecule has 1 saturated carbocycles. The van der Waals surface area contributed by atoms with Gasteiger partial charge >= 0.3 is 0 Å². The van der Waals surface area contributed by atoms with E-state index in [-0.39, 0.29) is 0 Å². The molecule has 0 unspecified atom stereocenters. The second kappa shape index (κ2) is 3.01. The van der Waals surface area contributed by atoms with Crippen LogP contribution in [0.15, 0.2) is 0 Å². The normalized spacial score (nSPS) is 19.8. The third-order valence-electron chi connectivity index (χ3n) is 1.65. The molecule has 0 aromatic carbocycles. The lowest BCUT2D eigenvalue weighted by Crippen LogP contribution is -2.04. The summed E-state index contributed by atoms with van der Waals surface area (Å²) in [6, 6.07) is 0. The molecule has 0 atom stereocenters. The molecule has 1 fully saturated rings. The Labute approximate surface area is 56.4 Å². The topological polar surface area (TPSA) is 34.1 Å². The maximum atomic E-state index is 10.3. The summed E-state index contributed by atoms with van der Waals surface area (Å²) in [6.07, 6.45) is 4.92. The first-order chi connectivity index (χ1) is 4.30. The summed E-state index contributed by atoms with van der Waals surface area (Å²) in [5, 5.41) is 0. The molecule has 0 aromatic rings. The molecule has 0 bridgehead atoms. The Morgan fingerprint density at radius 1 is 1.00 bits per heavy atom. The van der Waals surface area contributed by atoms with Crippen molar-refractivity contribution in [2.45, 2.75) is 32.1 Å². The van der Waals surface area contributed by atoms with E-state index in [1.54, 1.807) is 0 Å². The number of hydrogen-bond donors (Lipinski definition) is 0. The molecule has 1 rings (SSSR count). The second-order valence-corrected chi connectivity index (χ2v) is 3.38. The van der Waals surface area contributed by atoms with Gasteiger partial charge in [0.15, 0.2) is 0 Å². The monoisotopic (exact) mass is 146 g/mol. The van der Waals surface area contributed by atoms with Crippen molar-refractivity contribution >= 4 is 15.2 Å². The maximum Gasteiger partial charge on any atom is 0.213 e. The van der Waals surface area contributed by atoms with Gasteiger partial charge in [0, 0.05) is 4.86 Å². The highest BCUT2D eigenvalue weighted by molar-refractivity contribution is 7.73. The zero-order valence-electron chi connectivity index (χ0n) is 5.26. The predicted molar refractivity (Wildman–Crippen MR) is 37.0 cm³/mol. The van der Waals surface area contributed by atoms with Crippen LogP contribution in [-0.2, 0) is 10.3 Å². The van der Waals surface area contributed by atoms with E-state index < -0.39 is 10.3 Å². The third kappa shape index (κ3) is 1.82. The van der Waals surface area contributed by atoms with Gasteiger partial charge in [0.2, 0.25) is 10.3 Å². The van der Waals surface area contributed by atoms with E-state index in [9.17, 15) is 8.42 Å². The van der Waals surface area contributed by atoms with Crippen molar-refractivity contribution in [2.24, 2.45) is 0 Å². The molecule has 0 heterocycles. The van der Waals surface area contributed by atoms with Crippen LogP contribution in [0, 0.1) is 0 Å². The van der Waals surface area contributed by atoms with Crippen LogP contribution in [0.5, 0.6) is 0 Å². The standard InChI is InChI=1S/C6H10O2S/c7-9(8)6-4-2-1-3-5-6/h1-5H2. The zero-order chi connectivity index (χ0) is 6.69. The van der Waals surface area contributed by atoms with Crippen molar-refractivity contribution in [1.29, 1.82) is 0 Å². The Morgan fingerprint density at radius 2 is 1.56 bits per heavy atom. The summed E-state index contributed by atoms with van der Waals surface area (Å²) in [5.41, 5.74) is 0. The van der Waals surface area contributed by atoms with E-state index >= 15 is 0 Å². The van der Waals surface area contributed by atoms with Crippen molar-refractivity contribution < 1.29 is 8.42 Å². The van der Waals surface area contributed by atoms with Gasteiger partial charge in [0.1, 0.15) is 0 Å². The smallest absolute Gasteiger partial charge is 0.185 e. The summed E-state index contributed by atoms with van der Waals surface area (Å²) in [5.74, 6) is 0. The van der Waals surface area contributed by atoms with E-state index in [2.05, 4.69) is 0 Å². The van der Waals surface area contributed by atoms with Crippen molar-refractivity contribution in [2.75, 3.05) is 0 Å². The fourth-order valence-corrected chi connectivity index (χ4v) is 1.73. The Balaban J connectivity index is 2.72. The molecule has 0 saturated heterocycles. The fourth-order valence-electron chi connectivity index (χ4n) is 1.11. The van der Waals surface area contributed by atoms with Gasteiger partial charge in [-0.05, 0) is 25.7 Å². The molecule has 1 aliphatic carbocycles. The molecular weight excluding hydrogens is 136 g/mol. The van der Waals surface area contributed by atoms with Gasteiger partial charge in [-0.3, -0.25) is 0 Å². The van der Waals surface area contributed by atoms with Crippen LogP contribution in [-0.4, -0.2) is 13.3 Å². The molecule has 9 heavy (non-hydrogen) atoms. The van der Waals surface area contributed by atoms with E-state index in [0.717, 1.165) is 30.5 Å². The molecule has 1 aliphatic rings. The van der Waals surface area contributed by atoms with Crippen LogP contribution >= 0.6 is 0 Å². The second-order valence-electron chi connectivity index (χ2n) is 2.33. The molecule has 0 radical (unpaired) electrons. The maximum absolute atomic E-state index is 10.3. The van der Waals surface area contributed by atoms with Crippen molar-refractivity contribution in [3.05, 3.63) is 0 Å². The zero-order valence-corrected chi connectivity index (χ0v) is 6.08. The number of rotatable bonds is 0. The molecule has 0 N–H and O–H groups in total. The fraction of sp³-hybridized carbons (Fsp3) is 0.833. The van der Waals surface area contributed by atoms with Crippen molar-refractivity contribution in [3.8, 4) is 0 Å². The summed E-state index contributed by atoms with van der Waals surface area (Å²) in [7, 11) is -1.89. The van der Waals surface area contributed by atoms with Gasteiger partial charge in [-0.1, -0.05) is 6.42 Å². The summed E-state index contributed by atoms with van der Waals surface area (Å²) < 4.78 is 20.6. The average molecular weight is 146 g/mol. The molecular formula is C6H10O2S. The first-order valence-electron chi connectivity index (χ1n) is 3.24. The predicted octanol–water partition coefficient (Wildman–Crippen LogP) is 1.00. The lowest BCUT2D eigenvalue weighted by atomic mass is 10.0. The Kier molecular flexibility index (Phi) is 2.28. The van der Waals surface area contributed by atoms with E-state index in [0.29, 0.717) is 0 Å². The molecule has 0 amide bonds. The van der Waals surface area contributed by atoms with Gasteiger partial charge in [-0.15, -0.1) is 0 Å². The Bertz CT molecular complexity index is 197. The quantitative estimate of drug-likeness (QED) is 0.478. The summed E-state index contributed by atoms with van der Waals surface area (Å²) in [4.78, 5) is 0.723. The van der Waals surface area contributed by atoms with Crippen molar-refractivity contribution in [1.82, 2.24) is 0 Å². The molecule has 0 spiro atoms. The lowest BCUT2D eigenvalue weighted by Gasteiger charge is -2.07. The van der Waals surface area contributed by atoms with Crippen LogP contribution in [0.4, 0.5) is 0 Å². The summed E-state index contributed by atoms with van der Waals surface area (Å²) >= 11 is 0. The number of hydrogen-bond acceptors (Lipinski definition) is 2. The van der Waals surface area contributed by atoms with Gasteiger partial charge in [-0.25, -0.2) is 0 Å². The summed E-state index contributed by atoms with van der Waals surface area (Å²) in [6.45, 7) is 0. The highest BCUT2D eigenvalue weighted by Gasteiger charge is 2.06. The minimum Gasteiger partial charge on any atom is -0.185 e. The first kappa shape index (κ1) is 6.81. The van der Waals surface area contributed by atoms with Crippen LogP contribution in [0.3, 0.4) is 0 Å². The van der Waals surface area contributed by atoms with Crippen LogP contribution in [0.2, 0.25) is 0 Å². The SMILES string of the molecule is O=S(=O)=C1CCCCC1. The molecule has 52 valence electrons. The minimum atomic E-state index is -1.89. The highest BCUT2D eigenvalue weighted by atomic mass is 32.2. The molecule has 0 aliphatic heterocycles. The highest BCUT2D eigenvalue weighted by Crippen LogP contribution is 2.13. The van der Waals surface area contributed by atoms with Gasteiger partial charge in [0.05, 0.1) is 0 Å². The first-order valence-corrected chi connectivity index (χ1v) is 4.32. The van der Waals surface area contributed by atoms with E-state index in [4.69, 9.17) is 0 Å². The minimum absolute atomic E-state index is 0.723. The molecule has 0 aromatic heterocycles. The van der Waals surface area contributed by atoms with Crippen LogP contribution in [0.25, 0.3) is 0 Å².